The zero-order valence-corrected chi connectivity index (χ0v) is 10.4. The van der Waals surface area contributed by atoms with Gasteiger partial charge >= 0.3 is 0 Å². The van der Waals surface area contributed by atoms with Crippen LogP contribution in [0.5, 0.6) is 0 Å². The van der Waals surface area contributed by atoms with Gasteiger partial charge in [0.1, 0.15) is 0 Å². The van der Waals surface area contributed by atoms with E-state index in [-0.39, 0.29) is 0 Å². The summed E-state index contributed by atoms with van der Waals surface area (Å²) in [6.07, 6.45) is 4.59. The Balaban J connectivity index is 1.56. The second-order valence-corrected chi connectivity index (χ2v) is 5.56. The fourth-order valence-electron chi connectivity index (χ4n) is 3.38. The number of piperidine rings is 3. The van der Waals surface area contributed by atoms with Crippen LogP contribution in [0.25, 0.3) is 10.9 Å². The molecule has 3 fully saturated rings. The van der Waals surface area contributed by atoms with Crippen LogP contribution < -0.4 is 5.32 Å². The lowest BCUT2D eigenvalue weighted by atomic mass is 9.84. The lowest BCUT2D eigenvalue weighted by molar-refractivity contribution is 0.0975. The highest BCUT2D eigenvalue weighted by atomic mass is 15.2. The number of aromatic amines is 1. The van der Waals surface area contributed by atoms with Crippen LogP contribution in [0.15, 0.2) is 24.4 Å². The maximum atomic E-state index is 4.07. The van der Waals surface area contributed by atoms with Crippen LogP contribution in [0, 0.1) is 5.92 Å². The minimum Gasteiger partial charge on any atom is -0.381 e. The summed E-state index contributed by atoms with van der Waals surface area (Å²) in [6, 6.07) is 7.07. The third-order valence-electron chi connectivity index (χ3n) is 4.45. The third-order valence-corrected chi connectivity index (χ3v) is 4.45. The molecule has 1 aromatic heterocycles. The predicted molar refractivity (Wildman–Crippen MR) is 72.7 cm³/mol. The molecule has 0 spiro atoms. The molecule has 3 saturated heterocycles. The van der Waals surface area contributed by atoms with E-state index in [1.165, 1.54) is 43.5 Å². The quantitative estimate of drug-likeness (QED) is 0.847. The number of benzene rings is 1. The highest BCUT2D eigenvalue weighted by molar-refractivity contribution is 5.81. The average Bonchev–Trinajstić information content (AvgIpc) is 2.87. The lowest BCUT2D eigenvalue weighted by Crippen LogP contribution is -2.53. The van der Waals surface area contributed by atoms with Gasteiger partial charge < -0.3 is 10.2 Å². The maximum Gasteiger partial charge on any atom is 0.0651 e. The fraction of sp³-hybridized carbons (Fsp3) is 0.500. The van der Waals surface area contributed by atoms with E-state index in [0.29, 0.717) is 6.04 Å². The van der Waals surface area contributed by atoms with Gasteiger partial charge in [0.05, 0.1) is 11.7 Å². The van der Waals surface area contributed by atoms with Gasteiger partial charge in [-0.1, -0.05) is 0 Å². The average molecular weight is 242 g/mol. The van der Waals surface area contributed by atoms with Crippen molar-refractivity contribution in [2.45, 2.75) is 18.9 Å². The predicted octanol–water partition coefficient (Wildman–Crippen LogP) is 2.07. The number of anilines is 1. The molecule has 18 heavy (non-hydrogen) atoms. The van der Waals surface area contributed by atoms with Crippen LogP contribution >= 0.6 is 0 Å². The van der Waals surface area contributed by atoms with Gasteiger partial charge in [-0.15, -0.1) is 0 Å². The Hall–Kier alpha value is -1.55. The van der Waals surface area contributed by atoms with Crippen molar-refractivity contribution in [1.29, 1.82) is 0 Å². The van der Waals surface area contributed by atoms with Crippen LogP contribution in [0.1, 0.15) is 12.8 Å². The summed E-state index contributed by atoms with van der Waals surface area (Å²) < 4.78 is 0. The van der Waals surface area contributed by atoms with Crippen molar-refractivity contribution in [2.24, 2.45) is 5.92 Å². The van der Waals surface area contributed by atoms with Crippen LogP contribution in [0.4, 0.5) is 5.69 Å². The molecule has 0 unspecified atom stereocenters. The molecule has 2 N–H and O–H groups in total. The van der Waals surface area contributed by atoms with E-state index in [4.69, 9.17) is 0 Å². The zero-order chi connectivity index (χ0) is 11.9. The van der Waals surface area contributed by atoms with Crippen molar-refractivity contribution < 1.29 is 0 Å². The molecule has 2 bridgehead atoms. The van der Waals surface area contributed by atoms with E-state index in [1.54, 1.807) is 0 Å². The number of hydrogen-bond acceptors (Lipinski definition) is 3. The maximum absolute atomic E-state index is 4.07. The Bertz CT molecular complexity index is 554. The SMILES string of the molecule is c1cc2[nH]ncc2cc1N[C@H]1CN2CCC1CC2. The van der Waals surface area contributed by atoms with Gasteiger partial charge in [0.25, 0.3) is 0 Å². The van der Waals surface area contributed by atoms with Crippen molar-refractivity contribution in [1.82, 2.24) is 15.1 Å². The van der Waals surface area contributed by atoms with Gasteiger partial charge in [0.2, 0.25) is 0 Å². The number of rotatable bonds is 2. The van der Waals surface area contributed by atoms with E-state index in [9.17, 15) is 0 Å². The standard InChI is InChI=1S/C14H18N4/c1-2-13-11(8-15-17-13)7-12(1)16-14-9-18-5-3-10(14)4-6-18/h1-2,7-8,10,14,16H,3-6,9H2,(H,15,17)/t14-/m0/s1. The van der Waals surface area contributed by atoms with E-state index >= 15 is 0 Å². The molecule has 3 aliphatic rings. The zero-order valence-electron chi connectivity index (χ0n) is 10.4. The number of H-pyrrole nitrogens is 1. The highest BCUT2D eigenvalue weighted by Gasteiger charge is 2.33. The second kappa shape index (κ2) is 3.99. The van der Waals surface area contributed by atoms with Gasteiger partial charge in [-0.3, -0.25) is 5.10 Å². The number of hydrogen-bond donors (Lipinski definition) is 2. The smallest absolute Gasteiger partial charge is 0.0651 e. The molecule has 4 nitrogen and oxygen atoms in total. The number of aromatic nitrogens is 2. The molecule has 5 rings (SSSR count). The molecule has 94 valence electrons. The normalized spacial score (nSPS) is 30.8. The van der Waals surface area contributed by atoms with Crippen molar-refractivity contribution in [3.63, 3.8) is 0 Å². The first-order chi connectivity index (χ1) is 8.88. The summed E-state index contributed by atoms with van der Waals surface area (Å²) in [5, 5.41) is 12.0. The Kier molecular flexibility index (Phi) is 2.30. The molecule has 1 atom stereocenters. The van der Waals surface area contributed by atoms with Crippen molar-refractivity contribution in [3.8, 4) is 0 Å². The molecule has 0 saturated carbocycles. The largest absolute Gasteiger partial charge is 0.381 e. The van der Waals surface area contributed by atoms with Crippen molar-refractivity contribution in [2.75, 3.05) is 25.0 Å². The summed E-state index contributed by atoms with van der Waals surface area (Å²) in [4.78, 5) is 2.58. The summed E-state index contributed by atoms with van der Waals surface area (Å²) in [5.41, 5.74) is 2.33. The van der Waals surface area contributed by atoms with E-state index in [0.717, 1.165) is 11.4 Å². The molecular weight excluding hydrogens is 224 g/mol. The molecule has 3 aliphatic heterocycles. The molecule has 1 aromatic carbocycles. The molecule has 0 radical (unpaired) electrons. The molecule has 0 aliphatic carbocycles. The van der Waals surface area contributed by atoms with Gasteiger partial charge in [-0.2, -0.15) is 5.10 Å². The Labute approximate surface area is 106 Å². The first-order valence-electron chi connectivity index (χ1n) is 6.80. The first-order valence-corrected chi connectivity index (χ1v) is 6.80. The number of nitrogens with one attached hydrogen (secondary N) is 2. The molecule has 2 aromatic rings. The van der Waals surface area contributed by atoms with Crippen LogP contribution in [0.2, 0.25) is 0 Å². The second-order valence-electron chi connectivity index (χ2n) is 5.56. The van der Waals surface area contributed by atoms with Gasteiger partial charge in [0, 0.05) is 23.7 Å². The van der Waals surface area contributed by atoms with Crippen molar-refractivity contribution in [3.05, 3.63) is 24.4 Å². The highest BCUT2D eigenvalue weighted by Crippen LogP contribution is 2.30. The summed E-state index contributed by atoms with van der Waals surface area (Å²) in [5.74, 6) is 0.857. The topological polar surface area (TPSA) is 44.0 Å². The van der Waals surface area contributed by atoms with Gasteiger partial charge in [0.15, 0.2) is 0 Å². The molecule has 0 amide bonds. The van der Waals surface area contributed by atoms with Gasteiger partial charge in [-0.05, 0) is 50.0 Å². The molecule has 4 heterocycles. The fourth-order valence-corrected chi connectivity index (χ4v) is 3.38. The van der Waals surface area contributed by atoms with E-state index in [1.807, 2.05) is 6.20 Å². The van der Waals surface area contributed by atoms with Crippen LogP contribution in [-0.2, 0) is 0 Å². The number of nitrogens with zero attached hydrogens (tertiary/aromatic N) is 2. The van der Waals surface area contributed by atoms with Gasteiger partial charge in [-0.25, -0.2) is 0 Å². The third kappa shape index (κ3) is 1.68. The Morgan fingerprint density at radius 1 is 1.28 bits per heavy atom. The lowest BCUT2D eigenvalue weighted by Gasteiger charge is -2.45. The Morgan fingerprint density at radius 2 is 2.17 bits per heavy atom. The van der Waals surface area contributed by atoms with Crippen molar-refractivity contribution >= 4 is 16.6 Å². The minimum atomic E-state index is 0.622. The van der Waals surface area contributed by atoms with E-state index in [2.05, 4.69) is 38.6 Å². The monoisotopic (exact) mass is 242 g/mol. The molecule has 4 heteroatoms. The van der Waals surface area contributed by atoms with Crippen LogP contribution in [-0.4, -0.2) is 40.8 Å². The first kappa shape index (κ1) is 10.4. The van der Waals surface area contributed by atoms with Crippen LogP contribution in [0.3, 0.4) is 0 Å². The summed E-state index contributed by atoms with van der Waals surface area (Å²) in [7, 11) is 0. The minimum absolute atomic E-state index is 0.622. The number of fused-ring (bicyclic) bond motifs is 4. The Morgan fingerprint density at radius 3 is 2.94 bits per heavy atom. The summed E-state index contributed by atoms with van der Waals surface area (Å²) in [6.45, 7) is 3.79. The molecular formula is C14H18N4. The summed E-state index contributed by atoms with van der Waals surface area (Å²) >= 11 is 0. The van der Waals surface area contributed by atoms with E-state index < -0.39 is 0 Å².